The van der Waals surface area contributed by atoms with Crippen LogP contribution in [0.25, 0.3) is 0 Å². The Kier molecular flexibility index (Phi) is 4.95. The van der Waals surface area contributed by atoms with Gasteiger partial charge in [0, 0.05) is 0 Å². The Morgan fingerprint density at radius 3 is 2.05 bits per heavy atom. The standard InChI is InChI=1S/C16H21F3O/c1-2-12-3-5-13(6-4-12)11-20-15-9-7-14(8-10-15)16(17,18)19/h7-10,12-13H,2-6,11H2,1H3/t12-,13-. The Bertz CT molecular complexity index is 403. The molecule has 1 aromatic carbocycles. The quantitative estimate of drug-likeness (QED) is 0.729. The average molecular weight is 286 g/mol. The molecule has 1 aromatic rings. The highest BCUT2D eigenvalue weighted by Gasteiger charge is 2.30. The molecular weight excluding hydrogens is 265 g/mol. The summed E-state index contributed by atoms with van der Waals surface area (Å²) < 4.78 is 42.9. The Balaban J connectivity index is 1.80. The summed E-state index contributed by atoms with van der Waals surface area (Å²) in [5.74, 6) is 1.91. The summed E-state index contributed by atoms with van der Waals surface area (Å²) in [6.45, 7) is 2.84. The Labute approximate surface area is 118 Å². The molecule has 0 amide bonds. The second-order valence-corrected chi connectivity index (χ2v) is 5.63. The van der Waals surface area contributed by atoms with Crippen molar-refractivity contribution in [1.29, 1.82) is 0 Å². The zero-order valence-corrected chi connectivity index (χ0v) is 11.7. The summed E-state index contributed by atoms with van der Waals surface area (Å²) in [5, 5.41) is 0. The number of hydrogen-bond donors (Lipinski definition) is 0. The molecule has 0 spiro atoms. The van der Waals surface area contributed by atoms with Crippen molar-refractivity contribution < 1.29 is 17.9 Å². The van der Waals surface area contributed by atoms with E-state index in [-0.39, 0.29) is 0 Å². The fraction of sp³-hybridized carbons (Fsp3) is 0.625. The molecule has 1 nitrogen and oxygen atoms in total. The van der Waals surface area contributed by atoms with Crippen LogP contribution in [0.5, 0.6) is 5.75 Å². The third kappa shape index (κ3) is 4.15. The van der Waals surface area contributed by atoms with E-state index in [1.165, 1.54) is 44.2 Å². The fourth-order valence-electron chi connectivity index (χ4n) is 2.76. The maximum Gasteiger partial charge on any atom is 0.416 e. The number of ether oxygens (including phenoxy) is 1. The molecule has 0 N–H and O–H groups in total. The Morgan fingerprint density at radius 2 is 1.55 bits per heavy atom. The first-order chi connectivity index (χ1) is 9.49. The molecule has 1 aliphatic carbocycles. The van der Waals surface area contributed by atoms with E-state index in [0.29, 0.717) is 18.3 Å². The topological polar surface area (TPSA) is 9.23 Å². The predicted molar refractivity (Wildman–Crippen MR) is 72.7 cm³/mol. The summed E-state index contributed by atoms with van der Waals surface area (Å²) >= 11 is 0. The number of rotatable bonds is 4. The SMILES string of the molecule is CC[C@H]1CC[C@H](COc2ccc(C(F)(F)F)cc2)CC1. The molecule has 20 heavy (non-hydrogen) atoms. The van der Waals surface area contributed by atoms with Crippen LogP contribution in [0.15, 0.2) is 24.3 Å². The minimum atomic E-state index is -4.28. The molecule has 0 aliphatic heterocycles. The minimum Gasteiger partial charge on any atom is -0.493 e. The highest BCUT2D eigenvalue weighted by atomic mass is 19.4. The van der Waals surface area contributed by atoms with Crippen LogP contribution >= 0.6 is 0 Å². The first-order valence-electron chi connectivity index (χ1n) is 7.29. The van der Waals surface area contributed by atoms with Gasteiger partial charge in [0.25, 0.3) is 0 Å². The lowest BCUT2D eigenvalue weighted by molar-refractivity contribution is -0.137. The van der Waals surface area contributed by atoms with Crippen LogP contribution in [0.4, 0.5) is 13.2 Å². The van der Waals surface area contributed by atoms with Gasteiger partial charge >= 0.3 is 6.18 Å². The summed E-state index contributed by atoms with van der Waals surface area (Å²) in [5.41, 5.74) is -0.631. The van der Waals surface area contributed by atoms with Gasteiger partial charge in [-0.1, -0.05) is 26.2 Å². The van der Waals surface area contributed by atoms with Gasteiger partial charge in [-0.2, -0.15) is 13.2 Å². The van der Waals surface area contributed by atoms with Crippen LogP contribution in [0, 0.1) is 11.8 Å². The number of halogens is 3. The van der Waals surface area contributed by atoms with E-state index >= 15 is 0 Å². The molecule has 4 heteroatoms. The molecule has 1 saturated carbocycles. The van der Waals surface area contributed by atoms with Crippen molar-refractivity contribution in [3.05, 3.63) is 29.8 Å². The van der Waals surface area contributed by atoms with Gasteiger partial charge in [0.1, 0.15) is 5.75 Å². The molecule has 0 aromatic heterocycles. The zero-order valence-electron chi connectivity index (χ0n) is 11.7. The van der Waals surface area contributed by atoms with E-state index in [1.54, 1.807) is 0 Å². The summed E-state index contributed by atoms with van der Waals surface area (Å²) in [7, 11) is 0. The fourth-order valence-corrected chi connectivity index (χ4v) is 2.76. The van der Waals surface area contributed by atoms with Crippen molar-refractivity contribution in [2.24, 2.45) is 11.8 Å². The van der Waals surface area contributed by atoms with Crippen molar-refractivity contribution in [3.63, 3.8) is 0 Å². The van der Waals surface area contributed by atoms with E-state index < -0.39 is 11.7 Å². The summed E-state index contributed by atoms with van der Waals surface area (Å²) in [6, 6.07) is 4.95. The van der Waals surface area contributed by atoms with Crippen LogP contribution in [0.3, 0.4) is 0 Å². The molecule has 2 rings (SSSR count). The van der Waals surface area contributed by atoms with Crippen LogP contribution in [-0.4, -0.2) is 6.61 Å². The highest BCUT2D eigenvalue weighted by Crippen LogP contribution is 2.32. The first kappa shape index (κ1) is 15.2. The molecule has 1 aliphatic rings. The van der Waals surface area contributed by atoms with Crippen LogP contribution in [-0.2, 0) is 6.18 Å². The van der Waals surface area contributed by atoms with Gasteiger partial charge in [0.15, 0.2) is 0 Å². The molecule has 0 atom stereocenters. The van der Waals surface area contributed by atoms with Gasteiger partial charge in [-0.3, -0.25) is 0 Å². The van der Waals surface area contributed by atoms with Crippen molar-refractivity contribution >= 4 is 0 Å². The van der Waals surface area contributed by atoms with E-state index in [1.807, 2.05) is 0 Å². The highest BCUT2D eigenvalue weighted by molar-refractivity contribution is 5.28. The van der Waals surface area contributed by atoms with Crippen molar-refractivity contribution in [2.75, 3.05) is 6.61 Å². The van der Waals surface area contributed by atoms with Crippen LogP contribution in [0.2, 0.25) is 0 Å². The van der Waals surface area contributed by atoms with Crippen molar-refractivity contribution in [2.45, 2.75) is 45.2 Å². The second kappa shape index (κ2) is 6.51. The monoisotopic (exact) mass is 286 g/mol. The molecule has 0 heterocycles. The van der Waals surface area contributed by atoms with Crippen LogP contribution in [0.1, 0.15) is 44.6 Å². The number of alkyl halides is 3. The van der Waals surface area contributed by atoms with Gasteiger partial charge in [0.05, 0.1) is 12.2 Å². The predicted octanol–water partition coefficient (Wildman–Crippen LogP) is 5.30. The Hall–Kier alpha value is -1.19. The van der Waals surface area contributed by atoms with E-state index in [9.17, 15) is 13.2 Å². The summed E-state index contributed by atoms with van der Waals surface area (Å²) in [4.78, 5) is 0. The molecule has 0 unspecified atom stereocenters. The van der Waals surface area contributed by atoms with Crippen molar-refractivity contribution in [1.82, 2.24) is 0 Å². The normalized spacial score (nSPS) is 23.6. The third-order valence-corrected chi connectivity index (χ3v) is 4.21. The van der Waals surface area contributed by atoms with Crippen molar-refractivity contribution in [3.8, 4) is 5.75 Å². The zero-order chi connectivity index (χ0) is 14.6. The first-order valence-corrected chi connectivity index (χ1v) is 7.29. The van der Waals surface area contributed by atoms with Gasteiger partial charge in [0.2, 0.25) is 0 Å². The van der Waals surface area contributed by atoms with Gasteiger partial charge in [-0.25, -0.2) is 0 Å². The van der Waals surface area contributed by atoms with Gasteiger partial charge in [-0.15, -0.1) is 0 Å². The number of benzene rings is 1. The van der Waals surface area contributed by atoms with E-state index in [0.717, 1.165) is 18.1 Å². The summed E-state index contributed by atoms with van der Waals surface area (Å²) in [6.07, 6.45) is 1.79. The van der Waals surface area contributed by atoms with Crippen LogP contribution < -0.4 is 4.74 Å². The maximum absolute atomic E-state index is 12.4. The number of hydrogen-bond acceptors (Lipinski definition) is 1. The van der Waals surface area contributed by atoms with E-state index in [2.05, 4.69) is 6.92 Å². The third-order valence-electron chi connectivity index (χ3n) is 4.21. The van der Waals surface area contributed by atoms with Gasteiger partial charge < -0.3 is 4.74 Å². The smallest absolute Gasteiger partial charge is 0.416 e. The largest absolute Gasteiger partial charge is 0.493 e. The molecule has 0 radical (unpaired) electrons. The maximum atomic E-state index is 12.4. The molecular formula is C16H21F3O. The molecule has 0 bridgehead atoms. The Morgan fingerprint density at radius 1 is 1.00 bits per heavy atom. The lowest BCUT2D eigenvalue weighted by Crippen LogP contribution is -2.19. The second-order valence-electron chi connectivity index (χ2n) is 5.63. The van der Waals surface area contributed by atoms with E-state index in [4.69, 9.17) is 4.74 Å². The molecule has 112 valence electrons. The lowest BCUT2D eigenvalue weighted by Gasteiger charge is -2.27. The lowest BCUT2D eigenvalue weighted by atomic mass is 9.81. The minimum absolute atomic E-state index is 0.524. The average Bonchev–Trinajstić information content (AvgIpc) is 2.45. The molecule has 0 saturated heterocycles. The van der Waals surface area contributed by atoms with Gasteiger partial charge in [-0.05, 0) is 48.9 Å². The molecule has 1 fully saturated rings.